The Morgan fingerprint density at radius 2 is 1.84 bits per heavy atom. The molecule has 0 fully saturated rings. The summed E-state index contributed by atoms with van der Waals surface area (Å²) in [7, 11) is 0. The first-order chi connectivity index (χ1) is 9.22. The zero-order valence-electron chi connectivity index (χ0n) is 10.0. The van der Waals surface area contributed by atoms with Crippen LogP contribution in [0.5, 0.6) is 17.2 Å². The van der Waals surface area contributed by atoms with Crippen LogP contribution < -0.4 is 4.74 Å². The SMILES string of the molecule is Oc1cccc(OCc2cc3c(O)cccc3s2)c1. The third-order valence-corrected chi connectivity index (χ3v) is 3.86. The summed E-state index contributed by atoms with van der Waals surface area (Å²) >= 11 is 1.59. The highest BCUT2D eigenvalue weighted by Crippen LogP contribution is 2.32. The molecular formula is C15H12O3S. The molecule has 0 aliphatic carbocycles. The van der Waals surface area contributed by atoms with E-state index in [0.717, 1.165) is 15.0 Å². The Morgan fingerprint density at radius 1 is 1.00 bits per heavy atom. The number of hydrogen-bond donors (Lipinski definition) is 2. The maximum atomic E-state index is 9.74. The van der Waals surface area contributed by atoms with Crippen LogP contribution in [0.4, 0.5) is 0 Å². The van der Waals surface area contributed by atoms with Crippen LogP contribution in [0, 0.1) is 0 Å². The van der Waals surface area contributed by atoms with Crippen LogP contribution in [0.15, 0.2) is 48.5 Å². The lowest BCUT2D eigenvalue weighted by molar-refractivity contribution is 0.308. The van der Waals surface area contributed by atoms with Crippen molar-refractivity contribution in [2.45, 2.75) is 6.61 Å². The van der Waals surface area contributed by atoms with E-state index in [2.05, 4.69) is 0 Å². The summed E-state index contributed by atoms with van der Waals surface area (Å²) in [5.41, 5.74) is 0. The van der Waals surface area contributed by atoms with Crippen molar-refractivity contribution in [2.75, 3.05) is 0 Å². The normalized spacial score (nSPS) is 10.7. The fraction of sp³-hybridized carbons (Fsp3) is 0.0667. The van der Waals surface area contributed by atoms with Gasteiger partial charge in [0.1, 0.15) is 23.9 Å². The monoisotopic (exact) mass is 272 g/mol. The molecule has 0 saturated heterocycles. The molecule has 3 nitrogen and oxygen atoms in total. The quantitative estimate of drug-likeness (QED) is 0.760. The van der Waals surface area contributed by atoms with E-state index in [1.54, 1.807) is 41.7 Å². The van der Waals surface area contributed by atoms with Crippen molar-refractivity contribution in [3.05, 3.63) is 53.4 Å². The van der Waals surface area contributed by atoms with E-state index in [-0.39, 0.29) is 11.5 Å². The molecule has 0 saturated carbocycles. The van der Waals surface area contributed by atoms with Crippen LogP contribution in [0.25, 0.3) is 10.1 Å². The zero-order chi connectivity index (χ0) is 13.2. The molecule has 0 amide bonds. The Labute approximate surface area is 114 Å². The second-order valence-electron chi connectivity index (χ2n) is 4.19. The van der Waals surface area contributed by atoms with Crippen LogP contribution in [0.2, 0.25) is 0 Å². The Kier molecular flexibility index (Phi) is 3.01. The Balaban J connectivity index is 1.80. The maximum Gasteiger partial charge on any atom is 0.124 e. The lowest BCUT2D eigenvalue weighted by atomic mass is 10.2. The minimum Gasteiger partial charge on any atom is -0.508 e. The summed E-state index contributed by atoms with van der Waals surface area (Å²) in [6.45, 7) is 0.419. The van der Waals surface area contributed by atoms with Crippen molar-refractivity contribution in [3.63, 3.8) is 0 Å². The minimum atomic E-state index is 0.187. The van der Waals surface area contributed by atoms with Gasteiger partial charge in [-0.3, -0.25) is 0 Å². The van der Waals surface area contributed by atoms with E-state index in [1.165, 1.54) is 0 Å². The number of phenolic OH excluding ortho intramolecular Hbond substituents is 2. The number of aromatic hydroxyl groups is 2. The van der Waals surface area contributed by atoms with Crippen LogP contribution >= 0.6 is 11.3 Å². The molecule has 0 aliphatic rings. The largest absolute Gasteiger partial charge is 0.508 e. The average molecular weight is 272 g/mol. The minimum absolute atomic E-state index is 0.187. The van der Waals surface area contributed by atoms with Gasteiger partial charge in [0.25, 0.3) is 0 Å². The molecule has 1 heterocycles. The lowest BCUT2D eigenvalue weighted by Gasteiger charge is -2.04. The van der Waals surface area contributed by atoms with Gasteiger partial charge in [0, 0.05) is 21.0 Å². The number of rotatable bonds is 3. The van der Waals surface area contributed by atoms with E-state index in [9.17, 15) is 10.2 Å². The topological polar surface area (TPSA) is 49.7 Å². The fourth-order valence-corrected chi connectivity index (χ4v) is 2.89. The lowest BCUT2D eigenvalue weighted by Crippen LogP contribution is -1.91. The third-order valence-electron chi connectivity index (χ3n) is 2.79. The van der Waals surface area contributed by atoms with Crippen molar-refractivity contribution < 1.29 is 14.9 Å². The molecular weight excluding hydrogens is 260 g/mol. The molecule has 0 spiro atoms. The number of ether oxygens (including phenoxy) is 1. The fourth-order valence-electron chi connectivity index (χ4n) is 1.90. The van der Waals surface area contributed by atoms with Gasteiger partial charge < -0.3 is 14.9 Å². The van der Waals surface area contributed by atoms with Crippen LogP contribution in [0.1, 0.15) is 4.88 Å². The van der Waals surface area contributed by atoms with E-state index < -0.39 is 0 Å². The number of fused-ring (bicyclic) bond motifs is 1. The summed E-state index contributed by atoms with van der Waals surface area (Å²) < 4.78 is 6.65. The number of hydrogen-bond acceptors (Lipinski definition) is 4. The van der Waals surface area contributed by atoms with Gasteiger partial charge >= 0.3 is 0 Å². The zero-order valence-corrected chi connectivity index (χ0v) is 10.9. The second kappa shape index (κ2) is 4.82. The number of benzene rings is 2. The van der Waals surface area contributed by atoms with Crippen molar-refractivity contribution in [1.29, 1.82) is 0 Å². The molecule has 0 bridgehead atoms. The molecule has 0 unspecified atom stereocenters. The summed E-state index contributed by atoms with van der Waals surface area (Å²) in [5.74, 6) is 1.10. The molecule has 3 rings (SSSR count). The van der Waals surface area contributed by atoms with Crippen LogP contribution in [0.3, 0.4) is 0 Å². The molecule has 2 aromatic carbocycles. The number of phenols is 2. The van der Waals surface area contributed by atoms with Crippen LogP contribution in [-0.2, 0) is 6.61 Å². The smallest absolute Gasteiger partial charge is 0.124 e. The van der Waals surface area contributed by atoms with Gasteiger partial charge in [-0.2, -0.15) is 0 Å². The third kappa shape index (κ3) is 2.48. The summed E-state index contributed by atoms with van der Waals surface area (Å²) in [5, 5.41) is 19.9. The molecule has 0 atom stereocenters. The molecule has 96 valence electrons. The maximum absolute atomic E-state index is 9.74. The Hall–Kier alpha value is -2.20. The molecule has 0 radical (unpaired) electrons. The van der Waals surface area contributed by atoms with E-state index >= 15 is 0 Å². The molecule has 2 N–H and O–H groups in total. The first-order valence-electron chi connectivity index (χ1n) is 5.84. The molecule has 3 aromatic rings. The van der Waals surface area contributed by atoms with Crippen molar-refractivity contribution >= 4 is 21.4 Å². The second-order valence-corrected chi connectivity index (χ2v) is 5.36. The Bertz CT molecular complexity index is 718. The summed E-state index contributed by atoms with van der Waals surface area (Å²) in [6, 6.07) is 14.1. The molecule has 4 heteroatoms. The van der Waals surface area contributed by atoms with Gasteiger partial charge in [0.05, 0.1) is 0 Å². The summed E-state index contributed by atoms with van der Waals surface area (Å²) in [6.07, 6.45) is 0. The highest BCUT2D eigenvalue weighted by Gasteiger charge is 2.06. The van der Waals surface area contributed by atoms with Gasteiger partial charge in [0.2, 0.25) is 0 Å². The standard InChI is InChI=1S/C15H12O3S/c16-10-3-1-4-11(7-10)18-9-12-8-13-14(17)5-2-6-15(13)19-12/h1-8,16-17H,9H2. The van der Waals surface area contributed by atoms with Crippen molar-refractivity contribution in [3.8, 4) is 17.2 Å². The number of thiophene rings is 1. The van der Waals surface area contributed by atoms with Gasteiger partial charge in [-0.1, -0.05) is 12.1 Å². The molecule has 19 heavy (non-hydrogen) atoms. The van der Waals surface area contributed by atoms with Gasteiger partial charge in [-0.15, -0.1) is 11.3 Å². The highest BCUT2D eigenvalue weighted by atomic mass is 32.1. The van der Waals surface area contributed by atoms with Crippen molar-refractivity contribution in [2.24, 2.45) is 0 Å². The first-order valence-corrected chi connectivity index (χ1v) is 6.66. The van der Waals surface area contributed by atoms with Gasteiger partial charge in [-0.05, 0) is 30.3 Å². The van der Waals surface area contributed by atoms with Crippen molar-refractivity contribution in [1.82, 2.24) is 0 Å². The highest BCUT2D eigenvalue weighted by molar-refractivity contribution is 7.19. The molecule has 1 aromatic heterocycles. The average Bonchev–Trinajstić information content (AvgIpc) is 2.81. The van der Waals surface area contributed by atoms with E-state index in [0.29, 0.717) is 12.4 Å². The molecule has 0 aliphatic heterocycles. The predicted molar refractivity (Wildman–Crippen MR) is 75.9 cm³/mol. The first kappa shape index (κ1) is 11.9. The van der Waals surface area contributed by atoms with Gasteiger partial charge in [-0.25, -0.2) is 0 Å². The van der Waals surface area contributed by atoms with Crippen LogP contribution in [-0.4, -0.2) is 10.2 Å². The van der Waals surface area contributed by atoms with E-state index in [1.807, 2.05) is 18.2 Å². The van der Waals surface area contributed by atoms with Gasteiger partial charge in [0.15, 0.2) is 0 Å². The summed E-state index contributed by atoms with van der Waals surface area (Å²) in [4.78, 5) is 1.03. The predicted octanol–water partition coefficient (Wildman–Crippen LogP) is 3.89. The van der Waals surface area contributed by atoms with E-state index in [4.69, 9.17) is 4.74 Å². The Morgan fingerprint density at radius 3 is 2.63 bits per heavy atom.